The third-order valence-corrected chi connectivity index (χ3v) is 5.08. The van der Waals surface area contributed by atoms with Crippen molar-refractivity contribution < 1.29 is 4.79 Å². The minimum Gasteiger partial charge on any atom is -0.351 e. The van der Waals surface area contributed by atoms with Crippen LogP contribution in [-0.2, 0) is 0 Å². The zero-order chi connectivity index (χ0) is 16.3. The van der Waals surface area contributed by atoms with E-state index < -0.39 is 0 Å². The molecule has 22 heavy (non-hydrogen) atoms. The topological polar surface area (TPSA) is 45.2 Å². The van der Waals surface area contributed by atoms with Crippen molar-refractivity contribution >= 4 is 43.4 Å². The van der Waals surface area contributed by atoms with Gasteiger partial charge >= 0.3 is 0 Å². The molecule has 1 heterocycles. The van der Waals surface area contributed by atoms with Crippen LogP contribution >= 0.6 is 27.3 Å². The van der Waals surface area contributed by atoms with E-state index in [4.69, 9.17) is 0 Å². The fraction of sp³-hybridized carbons (Fsp3) is 0.500. The molecule has 1 aromatic carbocycles. The number of aromatic nitrogens is 1. The van der Waals surface area contributed by atoms with E-state index in [1.54, 1.807) is 0 Å². The lowest BCUT2D eigenvalue weighted by molar-refractivity contribution is 0.0939. The first-order chi connectivity index (χ1) is 10.4. The van der Waals surface area contributed by atoms with Crippen molar-refractivity contribution in [2.75, 3.05) is 13.1 Å². The van der Waals surface area contributed by atoms with Crippen LogP contribution in [0.4, 0.5) is 0 Å². The summed E-state index contributed by atoms with van der Waals surface area (Å²) in [7, 11) is 0. The average molecular weight is 384 g/mol. The fourth-order valence-corrected chi connectivity index (χ4v) is 3.99. The summed E-state index contributed by atoms with van der Waals surface area (Å²) in [5.74, 6) is -0.0288. The van der Waals surface area contributed by atoms with E-state index in [1.165, 1.54) is 11.3 Å². The van der Waals surface area contributed by atoms with Gasteiger partial charge in [-0.15, -0.1) is 11.3 Å². The number of hydrogen-bond acceptors (Lipinski definition) is 4. The molecule has 0 atom stereocenters. The number of amides is 1. The third-order valence-electron chi connectivity index (χ3n) is 3.61. The minimum absolute atomic E-state index is 0.0288. The lowest BCUT2D eigenvalue weighted by Gasteiger charge is -2.30. The van der Waals surface area contributed by atoms with Gasteiger partial charge in [-0.1, -0.05) is 0 Å². The summed E-state index contributed by atoms with van der Waals surface area (Å²) >= 11 is 4.91. The van der Waals surface area contributed by atoms with Crippen molar-refractivity contribution in [1.29, 1.82) is 0 Å². The number of carbonyl (C=O) groups excluding carboxylic acids is 1. The van der Waals surface area contributed by atoms with Gasteiger partial charge in [-0.05, 0) is 61.8 Å². The van der Waals surface area contributed by atoms with Crippen molar-refractivity contribution in [3.8, 4) is 0 Å². The van der Waals surface area contributed by atoms with Gasteiger partial charge in [0.25, 0.3) is 5.91 Å². The summed E-state index contributed by atoms with van der Waals surface area (Å²) in [5, 5.41) is 3.00. The molecule has 1 aromatic heterocycles. The van der Waals surface area contributed by atoms with Crippen molar-refractivity contribution in [3.05, 3.63) is 27.7 Å². The molecule has 0 fully saturated rings. The zero-order valence-electron chi connectivity index (χ0n) is 13.4. The Morgan fingerprint density at radius 3 is 2.64 bits per heavy atom. The average Bonchev–Trinajstić information content (AvgIpc) is 2.81. The lowest BCUT2D eigenvalue weighted by atomic mass is 10.2. The molecule has 0 saturated carbocycles. The first-order valence-corrected chi connectivity index (χ1v) is 9.09. The Morgan fingerprint density at radius 2 is 2.00 bits per heavy atom. The molecular weight excluding hydrogens is 362 g/mol. The summed E-state index contributed by atoms with van der Waals surface area (Å²) in [4.78, 5) is 19.0. The second-order valence-electron chi connectivity index (χ2n) is 5.83. The highest BCUT2D eigenvalue weighted by atomic mass is 79.9. The number of thiazole rings is 1. The number of benzene rings is 1. The summed E-state index contributed by atoms with van der Waals surface area (Å²) in [5.41, 5.74) is 1.60. The predicted octanol–water partition coefficient (Wildman–Crippen LogP) is 3.91. The van der Waals surface area contributed by atoms with Crippen LogP contribution in [0.15, 0.2) is 22.1 Å². The number of rotatable bonds is 6. The minimum atomic E-state index is -0.0288. The number of halogens is 1. The summed E-state index contributed by atoms with van der Waals surface area (Å²) in [6.45, 7) is 10.2. The largest absolute Gasteiger partial charge is 0.351 e. The van der Waals surface area contributed by atoms with Crippen LogP contribution in [0.3, 0.4) is 0 Å². The molecule has 1 N–H and O–H groups in total. The van der Waals surface area contributed by atoms with E-state index in [2.05, 4.69) is 58.8 Å². The van der Waals surface area contributed by atoms with E-state index in [1.807, 2.05) is 18.2 Å². The van der Waals surface area contributed by atoms with E-state index in [-0.39, 0.29) is 5.91 Å². The van der Waals surface area contributed by atoms with Crippen molar-refractivity contribution in [3.63, 3.8) is 0 Å². The van der Waals surface area contributed by atoms with Crippen LogP contribution in [0.1, 0.15) is 38.1 Å². The van der Waals surface area contributed by atoms with Crippen LogP contribution in [0.25, 0.3) is 10.2 Å². The summed E-state index contributed by atoms with van der Waals surface area (Å²) in [6.07, 6.45) is 0. The molecule has 2 aromatic rings. The quantitative estimate of drug-likeness (QED) is 0.822. The standard InChI is InChI=1S/C16H22BrN3OS/c1-10(2)20(11(3)4)8-7-18-15(21)12-5-6-13-14(9-12)22-16(17)19-13/h5-6,9-11H,7-8H2,1-4H3,(H,18,21). The maximum atomic E-state index is 12.3. The molecule has 120 valence electrons. The Bertz CT molecular complexity index is 646. The number of hydrogen-bond donors (Lipinski definition) is 1. The Hall–Kier alpha value is -0.980. The molecular formula is C16H22BrN3OS. The lowest BCUT2D eigenvalue weighted by Crippen LogP contribution is -2.42. The molecule has 0 unspecified atom stereocenters. The normalized spacial score (nSPS) is 11.8. The second-order valence-corrected chi connectivity index (χ2v) is 8.14. The highest BCUT2D eigenvalue weighted by Crippen LogP contribution is 2.26. The molecule has 0 spiro atoms. The number of nitrogens with zero attached hydrogens (tertiary/aromatic N) is 2. The van der Waals surface area contributed by atoms with Crippen molar-refractivity contribution in [2.45, 2.75) is 39.8 Å². The van der Waals surface area contributed by atoms with E-state index in [9.17, 15) is 4.79 Å². The van der Waals surface area contributed by atoms with Crippen molar-refractivity contribution in [2.24, 2.45) is 0 Å². The number of carbonyl (C=O) groups is 1. The molecule has 1 amide bonds. The highest BCUT2D eigenvalue weighted by molar-refractivity contribution is 9.11. The van der Waals surface area contributed by atoms with Crippen LogP contribution in [0.2, 0.25) is 0 Å². The fourth-order valence-electron chi connectivity index (χ4n) is 2.55. The van der Waals surface area contributed by atoms with Gasteiger partial charge in [-0.3, -0.25) is 9.69 Å². The van der Waals surface area contributed by atoms with Gasteiger partial charge in [0, 0.05) is 30.7 Å². The van der Waals surface area contributed by atoms with E-state index >= 15 is 0 Å². The van der Waals surface area contributed by atoms with Gasteiger partial charge < -0.3 is 5.32 Å². The smallest absolute Gasteiger partial charge is 0.251 e. The Labute approximate surface area is 144 Å². The zero-order valence-corrected chi connectivity index (χ0v) is 15.8. The van der Waals surface area contributed by atoms with Gasteiger partial charge in [0.1, 0.15) is 0 Å². The Morgan fingerprint density at radius 1 is 1.32 bits per heavy atom. The van der Waals surface area contributed by atoms with Crippen molar-refractivity contribution in [1.82, 2.24) is 15.2 Å². The third kappa shape index (κ3) is 4.27. The maximum Gasteiger partial charge on any atom is 0.251 e. The maximum absolute atomic E-state index is 12.3. The first kappa shape index (κ1) is 17.4. The summed E-state index contributed by atoms with van der Waals surface area (Å²) in [6, 6.07) is 6.56. The van der Waals surface area contributed by atoms with Crippen LogP contribution in [-0.4, -0.2) is 41.0 Å². The molecule has 2 rings (SSSR count). The van der Waals surface area contributed by atoms with Crippen LogP contribution < -0.4 is 5.32 Å². The molecule has 0 saturated heterocycles. The molecule has 4 nitrogen and oxygen atoms in total. The predicted molar refractivity (Wildman–Crippen MR) is 96.6 cm³/mol. The molecule has 0 bridgehead atoms. The summed E-state index contributed by atoms with van der Waals surface area (Å²) < 4.78 is 1.86. The molecule has 0 radical (unpaired) electrons. The second kappa shape index (κ2) is 7.53. The SMILES string of the molecule is CC(C)N(CCNC(=O)c1ccc2nc(Br)sc2c1)C(C)C. The first-order valence-electron chi connectivity index (χ1n) is 7.48. The van der Waals surface area contributed by atoms with Gasteiger partial charge in [0.2, 0.25) is 0 Å². The van der Waals surface area contributed by atoms with Crippen LogP contribution in [0, 0.1) is 0 Å². The highest BCUT2D eigenvalue weighted by Gasteiger charge is 2.14. The van der Waals surface area contributed by atoms with E-state index in [0.717, 1.165) is 20.7 Å². The Balaban J connectivity index is 1.96. The van der Waals surface area contributed by atoms with Gasteiger partial charge in [-0.25, -0.2) is 4.98 Å². The van der Waals surface area contributed by atoms with Gasteiger partial charge in [-0.2, -0.15) is 0 Å². The van der Waals surface area contributed by atoms with Gasteiger partial charge in [0.05, 0.1) is 10.2 Å². The Kier molecular flexibility index (Phi) is 5.94. The van der Waals surface area contributed by atoms with Crippen LogP contribution in [0.5, 0.6) is 0 Å². The molecule has 0 aliphatic rings. The molecule has 6 heteroatoms. The molecule has 0 aliphatic heterocycles. The molecule has 0 aliphatic carbocycles. The monoisotopic (exact) mass is 383 g/mol. The van der Waals surface area contributed by atoms with Gasteiger partial charge in [0.15, 0.2) is 3.92 Å². The number of fused-ring (bicyclic) bond motifs is 1. The van der Waals surface area contributed by atoms with E-state index in [0.29, 0.717) is 24.2 Å². The number of nitrogens with one attached hydrogen (secondary N) is 1.